The van der Waals surface area contributed by atoms with E-state index < -0.39 is 43.9 Å². The Morgan fingerprint density at radius 1 is 1.15 bits per heavy atom. The van der Waals surface area contributed by atoms with Gasteiger partial charge in [0, 0.05) is 23.7 Å². The maximum absolute atomic E-state index is 15.3. The summed E-state index contributed by atoms with van der Waals surface area (Å²) in [5.41, 5.74) is -2.32. The molecule has 2 fully saturated rings. The van der Waals surface area contributed by atoms with E-state index in [1.165, 1.54) is 11.2 Å². The molecule has 34 heavy (non-hydrogen) atoms. The lowest BCUT2D eigenvalue weighted by molar-refractivity contribution is -0.166. The molecule has 1 saturated carbocycles. The molecule has 184 valence electrons. The van der Waals surface area contributed by atoms with Crippen LogP contribution in [0.25, 0.3) is 0 Å². The van der Waals surface area contributed by atoms with Crippen molar-refractivity contribution in [2.75, 3.05) is 7.11 Å². The Balaban J connectivity index is 1.67. The van der Waals surface area contributed by atoms with Crippen molar-refractivity contribution in [3.63, 3.8) is 0 Å². The maximum atomic E-state index is 15.3. The van der Waals surface area contributed by atoms with Gasteiger partial charge in [0.1, 0.15) is 22.3 Å². The number of sulfonamides is 1. The van der Waals surface area contributed by atoms with E-state index in [1.54, 1.807) is 31.2 Å². The number of methoxy groups -OCH3 is 1. The zero-order valence-corrected chi connectivity index (χ0v) is 20.2. The number of ether oxygens (including phenoxy) is 1. The van der Waals surface area contributed by atoms with Crippen molar-refractivity contribution in [1.82, 2.24) is 4.31 Å². The third-order valence-corrected chi connectivity index (χ3v) is 9.48. The highest BCUT2D eigenvalue weighted by Crippen LogP contribution is 2.52. The minimum Gasteiger partial charge on any atom is -0.468 e. The molecule has 1 aliphatic heterocycles. The van der Waals surface area contributed by atoms with Crippen LogP contribution in [0.3, 0.4) is 0 Å². The van der Waals surface area contributed by atoms with E-state index in [9.17, 15) is 18.3 Å². The molecule has 0 amide bonds. The normalized spacial score (nSPS) is 31.0. The Kier molecular flexibility index (Phi) is 6.33. The van der Waals surface area contributed by atoms with Crippen molar-refractivity contribution in [2.45, 2.75) is 68.4 Å². The van der Waals surface area contributed by atoms with E-state index in [0.29, 0.717) is 18.4 Å². The van der Waals surface area contributed by atoms with E-state index >= 15 is 8.78 Å². The molecule has 0 radical (unpaired) electrons. The smallest absolute Gasteiger partial charge is 0.316 e. The van der Waals surface area contributed by atoms with Gasteiger partial charge in [-0.25, -0.2) is 17.2 Å². The number of nitrogens with zero attached hydrogens (tertiary/aromatic N) is 1. The van der Waals surface area contributed by atoms with Crippen LogP contribution in [0.2, 0.25) is 0 Å². The van der Waals surface area contributed by atoms with Crippen LogP contribution in [0.1, 0.15) is 61.5 Å². The quantitative estimate of drug-likeness (QED) is 0.637. The highest BCUT2D eigenvalue weighted by molar-refractivity contribution is 7.89. The molecule has 0 unspecified atom stereocenters. The number of hydrogen-bond acceptors (Lipinski definition) is 5. The van der Waals surface area contributed by atoms with Gasteiger partial charge in [-0.3, -0.25) is 4.79 Å². The second-order valence-corrected chi connectivity index (χ2v) is 11.8. The molecule has 2 atom stereocenters. The Morgan fingerprint density at radius 2 is 1.79 bits per heavy atom. The van der Waals surface area contributed by atoms with Gasteiger partial charge in [0.15, 0.2) is 0 Å². The van der Waals surface area contributed by atoms with Gasteiger partial charge < -0.3 is 9.84 Å². The Labute approximate surface area is 198 Å². The summed E-state index contributed by atoms with van der Waals surface area (Å²) in [6.07, 6.45) is 0.834. The summed E-state index contributed by atoms with van der Waals surface area (Å²) in [4.78, 5) is 12.5. The number of rotatable bonds is 5. The first kappa shape index (κ1) is 24.8. The second kappa shape index (κ2) is 8.70. The first-order valence-corrected chi connectivity index (χ1v) is 12.8. The van der Waals surface area contributed by atoms with Crippen molar-refractivity contribution in [1.29, 1.82) is 0 Å². The molecule has 0 bridgehead atoms. The average Bonchev–Trinajstić information content (AvgIpc) is 2.76. The Morgan fingerprint density at radius 3 is 2.38 bits per heavy atom. The zero-order chi connectivity index (χ0) is 24.9. The lowest BCUT2D eigenvalue weighted by Crippen LogP contribution is -2.58. The van der Waals surface area contributed by atoms with Gasteiger partial charge in [0.05, 0.1) is 12.7 Å². The van der Waals surface area contributed by atoms with E-state index in [0.717, 1.165) is 19.2 Å². The highest BCUT2D eigenvalue weighted by atomic mass is 32.2. The maximum Gasteiger partial charge on any atom is 0.316 e. The molecule has 1 heterocycles. The summed E-state index contributed by atoms with van der Waals surface area (Å²) in [6, 6.07) is 10.4. The fourth-order valence-corrected chi connectivity index (χ4v) is 7.67. The van der Waals surface area contributed by atoms with Crippen LogP contribution < -0.4 is 0 Å². The minimum atomic E-state index is -3.82. The lowest BCUT2D eigenvalue weighted by Gasteiger charge is -2.49. The van der Waals surface area contributed by atoms with Crippen molar-refractivity contribution < 1.29 is 31.8 Å². The number of carbonyl (C=O) groups is 1. The third-order valence-electron chi connectivity index (χ3n) is 7.12. The van der Waals surface area contributed by atoms with Gasteiger partial charge in [-0.1, -0.05) is 30.3 Å². The van der Waals surface area contributed by atoms with Gasteiger partial charge in [0.2, 0.25) is 10.0 Å². The van der Waals surface area contributed by atoms with E-state index in [1.807, 2.05) is 6.07 Å². The molecule has 0 spiro atoms. The van der Waals surface area contributed by atoms with E-state index in [2.05, 4.69) is 0 Å². The average molecular weight is 494 g/mol. The summed E-state index contributed by atoms with van der Waals surface area (Å²) < 4.78 is 63.4. The molecule has 6 nitrogen and oxygen atoms in total. The SMILES string of the molecule is COC(=O)[C@]1(c2cc(F)c(CN3[C@@H](C)CC[C@H](c4ccccc4)S3(=O)=O)cc2F)C[C@](C)(O)C1. The van der Waals surface area contributed by atoms with Gasteiger partial charge in [-0.15, -0.1) is 0 Å². The zero-order valence-electron chi connectivity index (χ0n) is 19.4. The summed E-state index contributed by atoms with van der Waals surface area (Å²) in [7, 11) is -2.66. The number of aliphatic hydroxyl groups is 1. The predicted octanol–water partition coefficient (Wildman–Crippen LogP) is 3.98. The molecule has 2 aliphatic rings. The number of esters is 1. The van der Waals surface area contributed by atoms with E-state index in [4.69, 9.17) is 4.74 Å². The molecule has 1 aliphatic carbocycles. The summed E-state index contributed by atoms with van der Waals surface area (Å²) in [6.45, 7) is 2.95. The molecule has 2 aromatic carbocycles. The molecule has 9 heteroatoms. The monoisotopic (exact) mass is 493 g/mol. The van der Waals surface area contributed by atoms with Crippen molar-refractivity contribution in [2.24, 2.45) is 0 Å². The van der Waals surface area contributed by atoms with Crippen LogP contribution in [0.5, 0.6) is 0 Å². The third kappa shape index (κ3) is 4.14. The van der Waals surface area contributed by atoms with Gasteiger partial charge in [0.25, 0.3) is 0 Å². The van der Waals surface area contributed by atoms with Crippen LogP contribution in [-0.4, -0.2) is 42.6 Å². The van der Waals surface area contributed by atoms with Crippen molar-refractivity contribution in [3.8, 4) is 0 Å². The van der Waals surface area contributed by atoms with Gasteiger partial charge >= 0.3 is 5.97 Å². The first-order chi connectivity index (χ1) is 15.9. The highest BCUT2D eigenvalue weighted by Gasteiger charge is 2.59. The number of hydrogen-bond donors (Lipinski definition) is 1. The topological polar surface area (TPSA) is 83.9 Å². The van der Waals surface area contributed by atoms with E-state index in [-0.39, 0.29) is 36.6 Å². The molecule has 1 saturated heterocycles. The van der Waals surface area contributed by atoms with Crippen molar-refractivity contribution >= 4 is 16.0 Å². The van der Waals surface area contributed by atoms with Crippen LogP contribution in [0.4, 0.5) is 8.78 Å². The molecule has 1 N–H and O–H groups in total. The minimum absolute atomic E-state index is 0.0985. The summed E-state index contributed by atoms with van der Waals surface area (Å²) in [5, 5.41) is 9.44. The summed E-state index contributed by atoms with van der Waals surface area (Å²) in [5.74, 6) is -2.39. The molecular weight excluding hydrogens is 464 g/mol. The van der Waals surface area contributed by atoms with Crippen LogP contribution >= 0.6 is 0 Å². The van der Waals surface area contributed by atoms with Crippen LogP contribution in [0.15, 0.2) is 42.5 Å². The largest absolute Gasteiger partial charge is 0.468 e. The molecular formula is C25H29F2NO5S. The van der Waals surface area contributed by atoms with Gasteiger partial charge in [-0.2, -0.15) is 4.31 Å². The number of carbonyl (C=O) groups excluding carboxylic acids is 1. The van der Waals surface area contributed by atoms with Crippen molar-refractivity contribution in [3.05, 3.63) is 70.8 Å². The van der Waals surface area contributed by atoms with Gasteiger partial charge in [-0.05, 0) is 57.2 Å². The Bertz CT molecular complexity index is 1190. The second-order valence-electron chi connectivity index (χ2n) is 9.76. The first-order valence-electron chi connectivity index (χ1n) is 11.3. The predicted molar refractivity (Wildman–Crippen MR) is 122 cm³/mol. The number of halogens is 2. The number of benzene rings is 2. The molecule has 2 aromatic rings. The molecule has 4 rings (SSSR count). The standard InChI is InChI=1S/C25H29F2NO5S/c1-16-9-10-22(17-7-5-4-6-8-17)34(31,32)28(16)13-18-11-21(27)19(12-20(18)26)25(23(29)33-3)14-24(2,30)15-25/h4-8,11-12,16,22,30H,9-10,13-15H2,1-3H3/t16-,22+,24-,25+/m0/s1. The van der Waals surface area contributed by atoms with Crippen LogP contribution in [-0.2, 0) is 31.5 Å². The van der Waals surface area contributed by atoms with Crippen LogP contribution in [0, 0.1) is 11.6 Å². The Hall–Kier alpha value is -2.36. The lowest BCUT2D eigenvalue weighted by atomic mass is 9.56. The summed E-state index contributed by atoms with van der Waals surface area (Å²) >= 11 is 0. The molecule has 0 aromatic heterocycles. The fourth-order valence-electron chi connectivity index (χ4n) is 5.48. The fraction of sp³-hybridized carbons (Fsp3) is 0.480.